The number of likely N-dealkylation sites (N-methyl/N-ethyl adjacent to an activating group) is 1. The van der Waals surface area contributed by atoms with Crippen LogP contribution in [0.3, 0.4) is 0 Å². The number of aromatic nitrogens is 1. The van der Waals surface area contributed by atoms with E-state index in [4.69, 9.17) is 0 Å². The molecule has 0 bridgehead atoms. The maximum atomic E-state index is 9.80. The van der Waals surface area contributed by atoms with Crippen LogP contribution in [0.15, 0.2) is 24.4 Å². The van der Waals surface area contributed by atoms with Crippen LogP contribution in [0, 0.1) is 5.92 Å². The standard InChI is InChI=1S/C13H20N2O/c1-15(10-13(16)11-5-6-11)9-7-12-4-2-3-8-14-12/h2-4,8,11,13,16H,5-7,9-10H2,1H3. The molecule has 0 aliphatic heterocycles. The molecule has 3 nitrogen and oxygen atoms in total. The minimum absolute atomic E-state index is 0.131. The zero-order chi connectivity index (χ0) is 11.4. The molecule has 1 unspecified atom stereocenters. The first kappa shape index (κ1) is 11.6. The van der Waals surface area contributed by atoms with Crippen LogP contribution in [0.1, 0.15) is 18.5 Å². The van der Waals surface area contributed by atoms with Crippen LogP contribution in [-0.2, 0) is 6.42 Å². The van der Waals surface area contributed by atoms with Gasteiger partial charge >= 0.3 is 0 Å². The van der Waals surface area contributed by atoms with E-state index in [2.05, 4.69) is 16.9 Å². The zero-order valence-corrected chi connectivity index (χ0v) is 9.84. The lowest BCUT2D eigenvalue weighted by molar-refractivity contribution is 0.107. The SMILES string of the molecule is CN(CCc1ccccn1)CC(O)C1CC1. The van der Waals surface area contributed by atoms with E-state index in [0.717, 1.165) is 25.2 Å². The highest BCUT2D eigenvalue weighted by molar-refractivity contribution is 5.03. The first-order valence-electron chi connectivity index (χ1n) is 6.02. The number of pyridine rings is 1. The summed E-state index contributed by atoms with van der Waals surface area (Å²) in [6.07, 6.45) is 5.06. The Morgan fingerprint density at radius 3 is 2.94 bits per heavy atom. The molecule has 0 spiro atoms. The molecule has 0 radical (unpaired) electrons. The largest absolute Gasteiger partial charge is 0.392 e. The summed E-state index contributed by atoms with van der Waals surface area (Å²) in [7, 11) is 2.06. The van der Waals surface area contributed by atoms with E-state index in [1.807, 2.05) is 24.4 Å². The van der Waals surface area contributed by atoms with Crippen LogP contribution in [0.4, 0.5) is 0 Å². The highest BCUT2D eigenvalue weighted by Gasteiger charge is 2.30. The molecule has 0 saturated heterocycles. The molecule has 16 heavy (non-hydrogen) atoms. The molecule has 1 aromatic rings. The number of rotatable bonds is 6. The monoisotopic (exact) mass is 220 g/mol. The van der Waals surface area contributed by atoms with Gasteiger partial charge in [-0.05, 0) is 37.9 Å². The van der Waals surface area contributed by atoms with Crippen molar-refractivity contribution >= 4 is 0 Å². The van der Waals surface area contributed by atoms with Gasteiger partial charge in [0.2, 0.25) is 0 Å². The highest BCUT2D eigenvalue weighted by Crippen LogP contribution is 2.32. The molecule has 1 aliphatic rings. The summed E-state index contributed by atoms with van der Waals surface area (Å²) in [4.78, 5) is 6.48. The third-order valence-corrected chi connectivity index (χ3v) is 3.14. The summed E-state index contributed by atoms with van der Waals surface area (Å²) in [6, 6.07) is 6.00. The van der Waals surface area contributed by atoms with Crippen molar-refractivity contribution in [3.63, 3.8) is 0 Å². The quantitative estimate of drug-likeness (QED) is 0.785. The van der Waals surface area contributed by atoms with Gasteiger partial charge in [0.05, 0.1) is 6.10 Å². The molecule has 1 N–H and O–H groups in total. The topological polar surface area (TPSA) is 36.4 Å². The molecule has 1 saturated carbocycles. The Morgan fingerprint density at radius 1 is 1.50 bits per heavy atom. The Balaban J connectivity index is 1.69. The van der Waals surface area contributed by atoms with Gasteiger partial charge in [-0.2, -0.15) is 0 Å². The van der Waals surface area contributed by atoms with Crippen molar-refractivity contribution in [1.82, 2.24) is 9.88 Å². The number of hydrogen-bond acceptors (Lipinski definition) is 3. The predicted octanol–water partition coefficient (Wildman–Crippen LogP) is 1.33. The third-order valence-electron chi connectivity index (χ3n) is 3.14. The lowest BCUT2D eigenvalue weighted by Crippen LogP contribution is -2.32. The Kier molecular flexibility index (Phi) is 3.91. The fraction of sp³-hybridized carbons (Fsp3) is 0.615. The first-order chi connectivity index (χ1) is 7.75. The number of aliphatic hydroxyl groups excluding tert-OH is 1. The predicted molar refractivity (Wildman–Crippen MR) is 64.2 cm³/mol. The molecule has 1 heterocycles. The molecule has 1 atom stereocenters. The third kappa shape index (κ3) is 3.58. The molecule has 88 valence electrons. The average Bonchev–Trinajstić information content (AvgIpc) is 3.11. The zero-order valence-electron chi connectivity index (χ0n) is 9.84. The fourth-order valence-electron chi connectivity index (χ4n) is 1.89. The molecular weight excluding hydrogens is 200 g/mol. The summed E-state index contributed by atoms with van der Waals surface area (Å²) >= 11 is 0. The van der Waals surface area contributed by atoms with Gasteiger partial charge in [0.25, 0.3) is 0 Å². The molecule has 2 rings (SSSR count). The minimum Gasteiger partial charge on any atom is -0.392 e. The van der Waals surface area contributed by atoms with Crippen molar-refractivity contribution < 1.29 is 5.11 Å². The van der Waals surface area contributed by atoms with E-state index in [-0.39, 0.29) is 6.10 Å². The molecule has 1 aliphatic carbocycles. The van der Waals surface area contributed by atoms with Gasteiger partial charge in [-0.25, -0.2) is 0 Å². The van der Waals surface area contributed by atoms with Gasteiger partial charge in [-0.1, -0.05) is 6.07 Å². The second-order valence-electron chi connectivity index (χ2n) is 4.74. The van der Waals surface area contributed by atoms with Crippen LogP contribution in [0.25, 0.3) is 0 Å². The number of aliphatic hydroxyl groups is 1. The van der Waals surface area contributed by atoms with Crippen LogP contribution in [0.2, 0.25) is 0 Å². The molecule has 1 aromatic heterocycles. The van der Waals surface area contributed by atoms with Crippen LogP contribution in [0.5, 0.6) is 0 Å². The van der Waals surface area contributed by atoms with Gasteiger partial charge in [0, 0.05) is 31.4 Å². The summed E-state index contributed by atoms with van der Waals surface area (Å²) in [6.45, 7) is 1.75. The lowest BCUT2D eigenvalue weighted by atomic mass is 10.2. The Bertz CT molecular complexity index is 311. The Hall–Kier alpha value is -0.930. The second kappa shape index (κ2) is 5.41. The van der Waals surface area contributed by atoms with Gasteiger partial charge in [0.1, 0.15) is 0 Å². The van der Waals surface area contributed by atoms with Crippen molar-refractivity contribution in [2.75, 3.05) is 20.1 Å². The van der Waals surface area contributed by atoms with Crippen molar-refractivity contribution in [3.8, 4) is 0 Å². The van der Waals surface area contributed by atoms with Gasteiger partial charge in [-0.15, -0.1) is 0 Å². The number of nitrogens with zero attached hydrogens (tertiary/aromatic N) is 2. The minimum atomic E-state index is -0.131. The highest BCUT2D eigenvalue weighted by atomic mass is 16.3. The van der Waals surface area contributed by atoms with E-state index in [1.54, 1.807) is 0 Å². The maximum absolute atomic E-state index is 9.80. The molecule has 0 amide bonds. The average molecular weight is 220 g/mol. The van der Waals surface area contributed by atoms with E-state index in [9.17, 15) is 5.11 Å². The molecule has 3 heteroatoms. The number of hydrogen-bond donors (Lipinski definition) is 1. The van der Waals surface area contributed by atoms with Crippen LogP contribution in [-0.4, -0.2) is 41.2 Å². The summed E-state index contributed by atoms with van der Waals surface area (Å²) in [5.41, 5.74) is 1.12. The van der Waals surface area contributed by atoms with E-state index in [1.165, 1.54) is 12.8 Å². The molecule has 1 fully saturated rings. The van der Waals surface area contributed by atoms with Crippen LogP contribution < -0.4 is 0 Å². The van der Waals surface area contributed by atoms with E-state index < -0.39 is 0 Å². The Morgan fingerprint density at radius 2 is 2.31 bits per heavy atom. The van der Waals surface area contributed by atoms with Crippen molar-refractivity contribution in [2.24, 2.45) is 5.92 Å². The summed E-state index contributed by atoms with van der Waals surface area (Å²) < 4.78 is 0. The van der Waals surface area contributed by atoms with E-state index in [0.29, 0.717) is 5.92 Å². The van der Waals surface area contributed by atoms with Gasteiger partial charge in [-0.3, -0.25) is 4.98 Å². The summed E-state index contributed by atoms with van der Waals surface area (Å²) in [5.74, 6) is 0.567. The maximum Gasteiger partial charge on any atom is 0.0695 e. The van der Waals surface area contributed by atoms with Crippen molar-refractivity contribution in [2.45, 2.75) is 25.4 Å². The second-order valence-corrected chi connectivity index (χ2v) is 4.74. The van der Waals surface area contributed by atoms with Crippen molar-refractivity contribution in [1.29, 1.82) is 0 Å². The van der Waals surface area contributed by atoms with Gasteiger partial charge < -0.3 is 10.0 Å². The van der Waals surface area contributed by atoms with E-state index >= 15 is 0 Å². The summed E-state index contributed by atoms with van der Waals surface area (Å²) in [5, 5.41) is 9.80. The van der Waals surface area contributed by atoms with Crippen molar-refractivity contribution in [3.05, 3.63) is 30.1 Å². The van der Waals surface area contributed by atoms with Gasteiger partial charge in [0.15, 0.2) is 0 Å². The fourth-order valence-corrected chi connectivity index (χ4v) is 1.89. The molecule has 0 aromatic carbocycles. The first-order valence-corrected chi connectivity index (χ1v) is 6.02. The smallest absolute Gasteiger partial charge is 0.0695 e. The normalized spacial score (nSPS) is 17.7. The van der Waals surface area contributed by atoms with Crippen LogP contribution >= 0.6 is 0 Å². The molecular formula is C13H20N2O. The Labute approximate surface area is 97.1 Å². The lowest BCUT2D eigenvalue weighted by Gasteiger charge is -2.19.